The Kier molecular flexibility index (Phi) is 4.56. The summed E-state index contributed by atoms with van der Waals surface area (Å²) >= 11 is 5.91. The third-order valence-electron chi connectivity index (χ3n) is 2.85. The van der Waals surface area contributed by atoms with Crippen LogP contribution in [0, 0.1) is 0 Å². The first kappa shape index (κ1) is 14.0. The normalized spacial score (nSPS) is 11.2. The Hall–Kier alpha value is -1.39. The lowest BCUT2D eigenvalue weighted by Gasteiger charge is -2.11. The molecule has 0 aliphatic carbocycles. The van der Waals surface area contributed by atoms with Gasteiger partial charge in [-0.3, -0.25) is 0 Å². The van der Waals surface area contributed by atoms with Crippen molar-refractivity contribution >= 4 is 11.6 Å². The second-order valence-corrected chi connectivity index (χ2v) is 5.23. The first-order chi connectivity index (χ1) is 9.10. The smallest absolute Gasteiger partial charge is 0.153 e. The zero-order valence-corrected chi connectivity index (χ0v) is 12.3. The Morgan fingerprint density at radius 3 is 2.74 bits per heavy atom. The van der Waals surface area contributed by atoms with Gasteiger partial charge in [0.1, 0.15) is 0 Å². The summed E-state index contributed by atoms with van der Waals surface area (Å²) in [6.07, 6.45) is 3.39. The molecule has 0 aliphatic rings. The predicted molar refractivity (Wildman–Crippen MR) is 77.8 cm³/mol. The zero-order valence-electron chi connectivity index (χ0n) is 11.5. The van der Waals surface area contributed by atoms with E-state index in [9.17, 15) is 0 Å². The molecule has 2 rings (SSSR count). The van der Waals surface area contributed by atoms with E-state index in [0.717, 1.165) is 24.6 Å². The van der Waals surface area contributed by atoms with Gasteiger partial charge < -0.3 is 5.32 Å². The van der Waals surface area contributed by atoms with Crippen molar-refractivity contribution in [3.63, 3.8) is 0 Å². The fourth-order valence-electron chi connectivity index (χ4n) is 1.80. The summed E-state index contributed by atoms with van der Waals surface area (Å²) in [5.41, 5.74) is 2.28. The Morgan fingerprint density at radius 1 is 1.37 bits per heavy atom. The summed E-state index contributed by atoms with van der Waals surface area (Å²) in [6.45, 7) is 8.15. The zero-order chi connectivity index (χ0) is 13.8. The maximum absolute atomic E-state index is 5.91. The van der Waals surface area contributed by atoms with Crippen molar-refractivity contribution in [1.82, 2.24) is 20.1 Å². The second kappa shape index (κ2) is 6.17. The van der Waals surface area contributed by atoms with Gasteiger partial charge in [-0.2, -0.15) is 5.10 Å². The van der Waals surface area contributed by atoms with Crippen molar-refractivity contribution in [3.05, 3.63) is 40.8 Å². The number of pyridine rings is 1. The maximum atomic E-state index is 5.91. The highest BCUT2D eigenvalue weighted by Crippen LogP contribution is 2.18. The summed E-state index contributed by atoms with van der Waals surface area (Å²) in [7, 11) is 0. The lowest BCUT2D eigenvalue weighted by atomic mass is 10.1. The van der Waals surface area contributed by atoms with Crippen LogP contribution in [0.3, 0.4) is 0 Å². The lowest BCUT2D eigenvalue weighted by Crippen LogP contribution is -2.13. The summed E-state index contributed by atoms with van der Waals surface area (Å²) in [5, 5.41) is 8.16. The standard InChI is InChI=1S/C14H19ClN4/c1-4-16-7-11-5-13(10(2)3)18-14(6-11)19-9-12(15)8-17-19/h5-6,8-10,16H,4,7H2,1-3H3. The minimum atomic E-state index is 0.381. The van der Waals surface area contributed by atoms with E-state index in [1.807, 2.05) is 6.07 Å². The molecule has 0 aromatic carbocycles. The molecule has 0 unspecified atom stereocenters. The van der Waals surface area contributed by atoms with Gasteiger partial charge in [0.05, 0.1) is 17.4 Å². The quantitative estimate of drug-likeness (QED) is 0.914. The van der Waals surface area contributed by atoms with Crippen LogP contribution in [0.25, 0.3) is 5.82 Å². The third kappa shape index (κ3) is 3.55. The number of nitrogens with zero attached hydrogens (tertiary/aromatic N) is 3. The van der Waals surface area contributed by atoms with Crippen molar-refractivity contribution < 1.29 is 0 Å². The number of nitrogens with one attached hydrogen (secondary N) is 1. The fourth-order valence-corrected chi connectivity index (χ4v) is 1.94. The molecular weight excluding hydrogens is 260 g/mol. The van der Waals surface area contributed by atoms with Gasteiger partial charge in [-0.15, -0.1) is 0 Å². The first-order valence-corrected chi connectivity index (χ1v) is 6.90. The molecule has 0 saturated carbocycles. The fraction of sp³-hybridized carbons (Fsp3) is 0.429. The molecule has 0 radical (unpaired) electrons. The van der Waals surface area contributed by atoms with Gasteiger partial charge in [-0.1, -0.05) is 32.4 Å². The molecule has 0 fully saturated rings. The molecule has 0 atom stereocenters. The van der Waals surface area contributed by atoms with Gasteiger partial charge in [0.15, 0.2) is 5.82 Å². The molecule has 2 aromatic heterocycles. The van der Waals surface area contributed by atoms with Crippen LogP contribution in [0.15, 0.2) is 24.5 Å². The number of hydrogen-bond acceptors (Lipinski definition) is 3. The molecule has 1 N–H and O–H groups in total. The summed E-state index contributed by atoms with van der Waals surface area (Å²) in [5.74, 6) is 1.19. The molecule has 2 aromatic rings. The van der Waals surface area contributed by atoms with Crippen molar-refractivity contribution in [3.8, 4) is 5.82 Å². The molecule has 0 amide bonds. The molecule has 0 spiro atoms. The Morgan fingerprint density at radius 2 is 2.16 bits per heavy atom. The van der Waals surface area contributed by atoms with Crippen molar-refractivity contribution in [2.24, 2.45) is 0 Å². The largest absolute Gasteiger partial charge is 0.313 e. The molecular formula is C14H19ClN4. The molecule has 0 aliphatic heterocycles. The molecule has 19 heavy (non-hydrogen) atoms. The molecule has 0 saturated heterocycles. The van der Waals surface area contributed by atoms with Crippen LogP contribution in [0.5, 0.6) is 0 Å². The number of hydrogen-bond donors (Lipinski definition) is 1. The average Bonchev–Trinajstić information content (AvgIpc) is 2.82. The van der Waals surface area contributed by atoms with Gasteiger partial charge in [-0.25, -0.2) is 9.67 Å². The van der Waals surface area contributed by atoms with Crippen LogP contribution < -0.4 is 5.32 Å². The van der Waals surface area contributed by atoms with Crippen molar-refractivity contribution in [1.29, 1.82) is 0 Å². The molecule has 0 bridgehead atoms. The minimum absolute atomic E-state index is 0.381. The van der Waals surface area contributed by atoms with E-state index in [1.54, 1.807) is 17.1 Å². The summed E-state index contributed by atoms with van der Waals surface area (Å²) < 4.78 is 1.71. The topological polar surface area (TPSA) is 42.7 Å². The summed E-state index contributed by atoms with van der Waals surface area (Å²) in [4.78, 5) is 4.64. The van der Waals surface area contributed by atoms with Crippen LogP contribution in [-0.2, 0) is 6.54 Å². The van der Waals surface area contributed by atoms with E-state index in [1.165, 1.54) is 5.56 Å². The van der Waals surface area contributed by atoms with E-state index in [-0.39, 0.29) is 0 Å². The highest BCUT2D eigenvalue weighted by molar-refractivity contribution is 6.30. The number of rotatable bonds is 5. The van der Waals surface area contributed by atoms with Crippen LogP contribution in [0.2, 0.25) is 5.02 Å². The highest BCUT2D eigenvalue weighted by atomic mass is 35.5. The Labute approximate surface area is 118 Å². The Balaban J connectivity index is 2.39. The SMILES string of the molecule is CCNCc1cc(C(C)C)nc(-n2cc(Cl)cn2)c1. The van der Waals surface area contributed by atoms with Gasteiger partial charge >= 0.3 is 0 Å². The second-order valence-electron chi connectivity index (χ2n) is 4.80. The van der Waals surface area contributed by atoms with Crippen LogP contribution in [0.4, 0.5) is 0 Å². The first-order valence-electron chi connectivity index (χ1n) is 6.52. The highest BCUT2D eigenvalue weighted by Gasteiger charge is 2.08. The van der Waals surface area contributed by atoms with E-state index in [2.05, 4.69) is 42.2 Å². The van der Waals surface area contributed by atoms with Gasteiger partial charge in [0, 0.05) is 12.2 Å². The van der Waals surface area contributed by atoms with Crippen molar-refractivity contribution in [2.45, 2.75) is 33.2 Å². The van der Waals surface area contributed by atoms with Gasteiger partial charge in [0.25, 0.3) is 0 Å². The molecule has 5 heteroatoms. The van der Waals surface area contributed by atoms with Crippen LogP contribution in [-0.4, -0.2) is 21.3 Å². The van der Waals surface area contributed by atoms with Gasteiger partial charge in [0.2, 0.25) is 0 Å². The van der Waals surface area contributed by atoms with E-state index in [4.69, 9.17) is 11.6 Å². The maximum Gasteiger partial charge on any atom is 0.153 e. The predicted octanol–water partition coefficient (Wildman–Crippen LogP) is 3.15. The van der Waals surface area contributed by atoms with E-state index in [0.29, 0.717) is 10.9 Å². The van der Waals surface area contributed by atoms with Crippen LogP contribution >= 0.6 is 11.6 Å². The molecule has 2 heterocycles. The molecule has 4 nitrogen and oxygen atoms in total. The number of aromatic nitrogens is 3. The van der Waals surface area contributed by atoms with Crippen LogP contribution in [0.1, 0.15) is 37.9 Å². The monoisotopic (exact) mass is 278 g/mol. The third-order valence-corrected chi connectivity index (χ3v) is 3.04. The molecule has 102 valence electrons. The van der Waals surface area contributed by atoms with E-state index >= 15 is 0 Å². The minimum Gasteiger partial charge on any atom is -0.313 e. The van der Waals surface area contributed by atoms with Crippen molar-refractivity contribution in [2.75, 3.05) is 6.54 Å². The lowest BCUT2D eigenvalue weighted by molar-refractivity contribution is 0.714. The Bertz CT molecular complexity index is 548. The average molecular weight is 279 g/mol. The number of halogens is 1. The summed E-state index contributed by atoms with van der Waals surface area (Å²) in [6, 6.07) is 4.18. The van der Waals surface area contributed by atoms with Gasteiger partial charge in [-0.05, 0) is 30.2 Å². The van der Waals surface area contributed by atoms with E-state index < -0.39 is 0 Å².